The summed E-state index contributed by atoms with van der Waals surface area (Å²) in [4.78, 5) is 17.1. The molecule has 0 unspecified atom stereocenters. The summed E-state index contributed by atoms with van der Waals surface area (Å²) < 4.78 is 0. The summed E-state index contributed by atoms with van der Waals surface area (Å²) in [6, 6.07) is 12.8. The summed E-state index contributed by atoms with van der Waals surface area (Å²) in [5.41, 5.74) is 7.11. The molecule has 1 saturated heterocycles. The Kier molecular flexibility index (Phi) is 5.62. The van der Waals surface area contributed by atoms with Gasteiger partial charge in [0, 0.05) is 37.6 Å². The number of amides is 1. The molecule has 26 heavy (non-hydrogen) atoms. The predicted molar refractivity (Wildman–Crippen MR) is 109 cm³/mol. The van der Waals surface area contributed by atoms with Crippen molar-refractivity contribution in [2.24, 2.45) is 0 Å². The summed E-state index contributed by atoms with van der Waals surface area (Å²) >= 11 is 0. The van der Waals surface area contributed by atoms with Crippen LogP contribution in [0.25, 0.3) is 0 Å². The van der Waals surface area contributed by atoms with E-state index < -0.39 is 0 Å². The fourth-order valence-corrected chi connectivity index (χ4v) is 3.47. The molecule has 1 aliphatic rings. The molecule has 4 heteroatoms. The van der Waals surface area contributed by atoms with Gasteiger partial charge in [-0.15, -0.1) is 0 Å². The van der Waals surface area contributed by atoms with Gasteiger partial charge >= 0.3 is 0 Å². The molecule has 1 heterocycles. The molecule has 0 saturated carbocycles. The highest BCUT2D eigenvalue weighted by molar-refractivity contribution is 5.93. The zero-order valence-electron chi connectivity index (χ0n) is 16.3. The van der Waals surface area contributed by atoms with Gasteiger partial charge in [0.05, 0.1) is 6.54 Å². The van der Waals surface area contributed by atoms with E-state index in [1.54, 1.807) is 0 Å². The van der Waals surface area contributed by atoms with Crippen LogP contribution < -0.4 is 10.2 Å². The van der Waals surface area contributed by atoms with E-state index in [2.05, 4.69) is 53.2 Å². The largest absolute Gasteiger partial charge is 0.369 e. The molecule has 0 bridgehead atoms. The number of carbonyl (C=O) groups excluding carboxylic acids is 1. The zero-order chi connectivity index (χ0) is 18.7. The van der Waals surface area contributed by atoms with E-state index in [9.17, 15) is 4.79 Å². The van der Waals surface area contributed by atoms with Gasteiger partial charge < -0.3 is 10.2 Å². The molecule has 0 spiro atoms. The van der Waals surface area contributed by atoms with E-state index in [4.69, 9.17) is 0 Å². The van der Waals surface area contributed by atoms with Crippen LogP contribution in [-0.2, 0) is 4.79 Å². The van der Waals surface area contributed by atoms with Crippen molar-refractivity contribution in [2.75, 3.05) is 42.9 Å². The number of hydrogen-bond donors (Lipinski definition) is 1. The number of piperazine rings is 1. The smallest absolute Gasteiger partial charge is 0.238 e. The molecule has 0 aliphatic carbocycles. The number of benzene rings is 2. The van der Waals surface area contributed by atoms with Crippen LogP contribution in [0.1, 0.15) is 22.3 Å². The average Bonchev–Trinajstić information content (AvgIpc) is 2.61. The summed E-state index contributed by atoms with van der Waals surface area (Å²) in [7, 11) is 0. The fourth-order valence-electron chi connectivity index (χ4n) is 3.47. The third kappa shape index (κ3) is 4.44. The Morgan fingerprint density at radius 1 is 0.885 bits per heavy atom. The molecule has 1 fully saturated rings. The topological polar surface area (TPSA) is 35.6 Å². The number of rotatable bonds is 4. The highest BCUT2D eigenvalue weighted by Gasteiger charge is 2.20. The van der Waals surface area contributed by atoms with Gasteiger partial charge in [0.15, 0.2) is 0 Å². The van der Waals surface area contributed by atoms with Crippen LogP contribution in [-0.4, -0.2) is 43.5 Å². The van der Waals surface area contributed by atoms with Crippen molar-refractivity contribution in [1.29, 1.82) is 0 Å². The Hall–Kier alpha value is -2.33. The molecule has 0 radical (unpaired) electrons. The molecule has 0 aromatic heterocycles. The molecular weight excluding hydrogens is 322 g/mol. The van der Waals surface area contributed by atoms with Crippen molar-refractivity contribution in [3.05, 3.63) is 58.7 Å². The average molecular weight is 351 g/mol. The number of nitrogens with zero attached hydrogens (tertiary/aromatic N) is 2. The molecule has 1 aliphatic heterocycles. The predicted octanol–water partition coefficient (Wildman–Crippen LogP) is 3.68. The zero-order valence-corrected chi connectivity index (χ0v) is 16.3. The maximum absolute atomic E-state index is 12.4. The van der Waals surface area contributed by atoms with E-state index >= 15 is 0 Å². The van der Waals surface area contributed by atoms with Crippen LogP contribution in [0, 0.1) is 27.7 Å². The van der Waals surface area contributed by atoms with Crippen LogP contribution in [0.15, 0.2) is 36.4 Å². The maximum atomic E-state index is 12.4. The van der Waals surface area contributed by atoms with Crippen molar-refractivity contribution in [2.45, 2.75) is 27.7 Å². The minimum absolute atomic E-state index is 0.0684. The second-order valence-electron chi connectivity index (χ2n) is 7.42. The SMILES string of the molecule is Cc1ccc(C)c(NC(=O)CN2CCN(c3cc(C)ccc3C)CC2)c1. The molecular formula is C22H29N3O. The normalized spacial score (nSPS) is 15.2. The summed E-state index contributed by atoms with van der Waals surface area (Å²) in [5.74, 6) is 0.0684. The third-order valence-electron chi connectivity index (χ3n) is 5.11. The lowest BCUT2D eigenvalue weighted by molar-refractivity contribution is -0.117. The maximum Gasteiger partial charge on any atom is 0.238 e. The van der Waals surface area contributed by atoms with E-state index in [1.165, 1.54) is 16.8 Å². The van der Waals surface area contributed by atoms with Crippen LogP contribution >= 0.6 is 0 Å². The lowest BCUT2D eigenvalue weighted by Crippen LogP contribution is -2.48. The highest BCUT2D eigenvalue weighted by atomic mass is 16.2. The minimum atomic E-state index is 0.0684. The van der Waals surface area contributed by atoms with E-state index in [0.717, 1.165) is 43.0 Å². The van der Waals surface area contributed by atoms with Crippen LogP contribution in [0.3, 0.4) is 0 Å². The second kappa shape index (κ2) is 7.92. The second-order valence-corrected chi connectivity index (χ2v) is 7.42. The van der Waals surface area contributed by atoms with Crippen molar-refractivity contribution >= 4 is 17.3 Å². The first kappa shape index (κ1) is 18.5. The van der Waals surface area contributed by atoms with Gasteiger partial charge in [0.2, 0.25) is 5.91 Å². The van der Waals surface area contributed by atoms with Gasteiger partial charge in [0.1, 0.15) is 0 Å². The van der Waals surface area contributed by atoms with Gasteiger partial charge in [-0.05, 0) is 62.1 Å². The minimum Gasteiger partial charge on any atom is -0.369 e. The lowest BCUT2D eigenvalue weighted by atomic mass is 10.1. The number of anilines is 2. The quantitative estimate of drug-likeness (QED) is 0.913. The molecule has 2 aromatic carbocycles. The number of aryl methyl sites for hydroxylation is 4. The Labute approximate surface area is 156 Å². The molecule has 3 rings (SSSR count). The first-order chi connectivity index (χ1) is 12.4. The van der Waals surface area contributed by atoms with Gasteiger partial charge in [-0.3, -0.25) is 9.69 Å². The summed E-state index contributed by atoms with van der Waals surface area (Å²) in [6.07, 6.45) is 0. The first-order valence-electron chi connectivity index (χ1n) is 9.34. The summed E-state index contributed by atoms with van der Waals surface area (Å²) in [6.45, 7) is 12.6. The number of carbonyl (C=O) groups is 1. The number of nitrogens with one attached hydrogen (secondary N) is 1. The Balaban J connectivity index is 1.54. The van der Waals surface area contributed by atoms with E-state index in [0.29, 0.717) is 6.54 Å². The Morgan fingerprint density at radius 2 is 1.50 bits per heavy atom. The van der Waals surface area contributed by atoms with Crippen LogP contribution in [0.5, 0.6) is 0 Å². The van der Waals surface area contributed by atoms with Crippen LogP contribution in [0.2, 0.25) is 0 Å². The van der Waals surface area contributed by atoms with Crippen molar-refractivity contribution in [3.63, 3.8) is 0 Å². The van der Waals surface area contributed by atoms with Gasteiger partial charge in [-0.1, -0.05) is 24.3 Å². The summed E-state index contributed by atoms with van der Waals surface area (Å²) in [5, 5.41) is 3.06. The Morgan fingerprint density at radius 3 is 2.19 bits per heavy atom. The van der Waals surface area contributed by atoms with Crippen molar-refractivity contribution in [1.82, 2.24) is 4.90 Å². The van der Waals surface area contributed by atoms with Crippen LogP contribution in [0.4, 0.5) is 11.4 Å². The van der Waals surface area contributed by atoms with E-state index in [-0.39, 0.29) is 5.91 Å². The highest BCUT2D eigenvalue weighted by Crippen LogP contribution is 2.23. The lowest BCUT2D eigenvalue weighted by Gasteiger charge is -2.36. The number of hydrogen-bond acceptors (Lipinski definition) is 3. The molecule has 0 atom stereocenters. The van der Waals surface area contributed by atoms with Gasteiger partial charge in [0.25, 0.3) is 0 Å². The van der Waals surface area contributed by atoms with Crippen molar-refractivity contribution in [3.8, 4) is 0 Å². The molecule has 138 valence electrons. The molecule has 1 amide bonds. The standard InChI is InChI=1S/C22H29N3O/c1-16-5-7-18(3)20(13-16)23-22(26)15-24-9-11-25(12-10-24)21-14-17(2)6-8-19(21)4/h5-8,13-14H,9-12,15H2,1-4H3,(H,23,26). The van der Waals surface area contributed by atoms with Gasteiger partial charge in [-0.2, -0.15) is 0 Å². The first-order valence-corrected chi connectivity index (χ1v) is 9.34. The monoisotopic (exact) mass is 351 g/mol. The van der Waals surface area contributed by atoms with E-state index in [1.807, 2.05) is 26.0 Å². The van der Waals surface area contributed by atoms with Gasteiger partial charge in [-0.25, -0.2) is 0 Å². The molecule has 2 aromatic rings. The Bertz CT molecular complexity index is 792. The fraction of sp³-hybridized carbons (Fsp3) is 0.409. The molecule has 4 nitrogen and oxygen atoms in total. The van der Waals surface area contributed by atoms with Crippen molar-refractivity contribution < 1.29 is 4.79 Å². The molecule has 1 N–H and O–H groups in total. The third-order valence-corrected chi connectivity index (χ3v) is 5.11.